The molecule has 1 saturated carbocycles. The molecule has 2 fully saturated rings. The Kier molecular flexibility index (Phi) is 4.45. The Morgan fingerprint density at radius 2 is 2.24 bits per heavy atom. The molecular formula is C14H28N2O. The number of hydrogen-bond acceptors (Lipinski definition) is 3. The molecule has 0 spiro atoms. The second-order valence-electron chi connectivity index (χ2n) is 6.23. The normalized spacial score (nSPS) is 39.0. The van der Waals surface area contributed by atoms with Crippen molar-refractivity contribution < 1.29 is 5.11 Å². The Labute approximate surface area is 106 Å². The molecule has 1 heterocycles. The zero-order chi connectivity index (χ0) is 12.3. The van der Waals surface area contributed by atoms with Gasteiger partial charge in [-0.15, -0.1) is 0 Å². The summed E-state index contributed by atoms with van der Waals surface area (Å²) in [5, 5.41) is 13.7. The second-order valence-corrected chi connectivity index (χ2v) is 6.23. The summed E-state index contributed by atoms with van der Waals surface area (Å²) in [7, 11) is 0. The van der Waals surface area contributed by atoms with Crippen LogP contribution in [0.5, 0.6) is 0 Å². The second kappa shape index (κ2) is 5.68. The lowest BCUT2D eigenvalue weighted by Crippen LogP contribution is -2.40. The minimum absolute atomic E-state index is 0.440. The molecule has 1 aliphatic heterocycles. The molecule has 0 bridgehead atoms. The maximum Gasteiger partial charge on any atom is 0.0758 e. The van der Waals surface area contributed by atoms with Crippen LogP contribution in [0.4, 0.5) is 0 Å². The van der Waals surface area contributed by atoms with E-state index in [1.54, 1.807) is 0 Å². The number of aliphatic hydroxyl groups is 1. The summed E-state index contributed by atoms with van der Waals surface area (Å²) in [6.07, 6.45) is 6.24. The zero-order valence-electron chi connectivity index (χ0n) is 11.4. The van der Waals surface area contributed by atoms with E-state index in [1.165, 1.54) is 32.2 Å². The fraction of sp³-hybridized carbons (Fsp3) is 1.00. The van der Waals surface area contributed by atoms with Crippen molar-refractivity contribution in [3.63, 3.8) is 0 Å². The van der Waals surface area contributed by atoms with E-state index >= 15 is 0 Å². The quantitative estimate of drug-likeness (QED) is 0.766. The molecule has 100 valence electrons. The van der Waals surface area contributed by atoms with Gasteiger partial charge in [-0.3, -0.25) is 0 Å². The number of nitrogens with zero attached hydrogens (tertiary/aromatic N) is 1. The Bertz CT molecular complexity index is 242. The number of hydrogen-bond donors (Lipinski definition) is 2. The van der Waals surface area contributed by atoms with Crippen LogP contribution in [0.2, 0.25) is 0 Å². The van der Waals surface area contributed by atoms with E-state index in [-0.39, 0.29) is 0 Å². The van der Waals surface area contributed by atoms with Crippen LogP contribution in [-0.2, 0) is 0 Å². The van der Waals surface area contributed by atoms with Gasteiger partial charge in [-0.2, -0.15) is 0 Å². The van der Waals surface area contributed by atoms with Gasteiger partial charge in [0, 0.05) is 25.7 Å². The van der Waals surface area contributed by atoms with Gasteiger partial charge in [-0.25, -0.2) is 0 Å². The van der Waals surface area contributed by atoms with Crippen LogP contribution in [0.3, 0.4) is 0 Å². The third-order valence-corrected chi connectivity index (χ3v) is 4.34. The Morgan fingerprint density at radius 3 is 2.88 bits per heavy atom. The lowest BCUT2D eigenvalue weighted by Gasteiger charge is -2.26. The van der Waals surface area contributed by atoms with Crippen molar-refractivity contribution in [1.29, 1.82) is 0 Å². The van der Waals surface area contributed by atoms with Crippen molar-refractivity contribution in [3.8, 4) is 0 Å². The molecule has 0 aromatic heterocycles. The summed E-state index contributed by atoms with van der Waals surface area (Å²) >= 11 is 0. The van der Waals surface area contributed by atoms with E-state index in [1.807, 2.05) is 6.92 Å². The lowest BCUT2D eigenvalue weighted by atomic mass is 10.0. The first-order valence-electron chi connectivity index (χ1n) is 7.29. The number of β-amino-alcohol motifs (C(OH)–C–C–N with tert-alkyl or cyclic N) is 1. The van der Waals surface area contributed by atoms with Crippen molar-refractivity contribution in [2.24, 2.45) is 5.92 Å². The molecule has 0 aromatic rings. The smallest absolute Gasteiger partial charge is 0.0758 e. The summed E-state index contributed by atoms with van der Waals surface area (Å²) in [6, 6.07) is 0.723. The van der Waals surface area contributed by atoms with Gasteiger partial charge in [0.25, 0.3) is 0 Å². The van der Waals surface area contributed by atoms with Crippen molar-refractivity contribution in [2.45, 2.75) is 57.6 Å². The van der Waals surface area contributed by atoms with Gasteiger partial charge >= 0.3 is 0 Å². The molecule has 2 N–H and O–H groups in total. The first-order valence-corrected chi connectivity index (χ1v) is 7.29. The van der Waals surface area contributed by atoms with Gasteiger partial charge in [-0.05, 0) is 45.1 Å². The van der Waals surface area contributed by atoms with Crippen LogP contribution in [0, 0.1) is 5.92 Å². The van der Waals surface area contributed by atoms with Gasteiger partial charge in [0.1, 0.15) is 0 Å². The molecule has 0 radical (unpaired) electrons. The maximum absolute atomic E-state index is 9.99. The lowest BCUT2D eigenvalue weighted by molar-refractivity contribution is 0.0661. The Morgan fingerprint density at radius 1 is 1.41 bits per heavy atom. The molecule has 17 heavy (non-hydrogen) atoms. The first kappa shape index (κ1) is 13.3. The van der Waals surface area contributed by atoms with E-state index in [2.05, 4.69) is 17.1 Å². The molecule has 3 atom stereocenters. The summed E-state index contributed by atoms with van der Waals surface area (Å²) in [5.74, 6) is 0.801. The van der Waals surface area contributed by atoms with Gasteiger partial charge in [-0.1, -0.05) is 13.3 Å². The highest BCUT2D eigenvalue weighted by atomic mass is 16.3. The van der Waals surface area contributed by atoms with Gasteiger partial charge in [0.05, 0.1) is 5.60 Å². The van der Waals surface area contributed by atoms with Gasteiger partial charge in [0.15, 0.2) is 0 Å². The summed E-state index contributed by atoms with van der Waals surface area (Å²) in [4.78, 5) is 2.45. The molecule has 0 amide bonds. The largest absolute Gasteiger partial charge is 0.389 e. The van der Waals surface area contributed by atoms with Crippen molar-refractivity contribution in [2.75, 3.05) is 26.2 Å². The topological polar surface area (TPSA) is 35.5 Å². The fourth-order valence-electron chi connectivity index (χ4n) is 3.38. The van der Waals surface area contributed by atoms with Gasteiger partial charge < -0.3 is 15.3 Å². The average Bonchev–Trinajstić information content (AvgIpc) is 2.83. The van der Waals surface area contributed by atoms with Gasteiger partial charge in [0.2, 0.25) is 0 Å². The van der Waals surface area contributed by atoms with Crippen LogP contribution < -0.4 is 5.32 Å². The van der Waals surface area contributed by atoms with E-state index in [0.29, 0.717) is 0 Å². The third kappa shape index (κ3) is 3.67. The standard InChI is InChI=1S/C14H28N2O/c1-3-8-15-13-6-4-5-12(13)10-16-9-7-14(2,17)11-16/h12-13,15,17H,3-11H2,1-2H3. The molecule has 2 aliphatic rings. The fourth-order valence-corrected chi connectivity index (χ4v) is 3.38. The van der Waals surface area contributed by atoms with Crippen LogP contribution in [0.15, 0.2) is 0 Å². The highest BCUT2D eigenvalue weighted by molar-refractivity contribution is 4.90. The molecule has 1 saturated heterocycles. The molecule has 3 unspecified atom stereocenters. The highest BCUT2D eigenvalue weighted by Crippen LogP contribution is 2.29. The summed E-state index contributed by atoms with van der Waals surface area (Å²) < 4.78 is 0. The molecule has 3 heteroatoms. The minimum Gasteiger partial charge on any atom is -0.389 e. The summed E-state index contributed by atoms with van der Waals surface area (Å²) in [5.41, 5.74) is -0.440. The van der Waals surface area contributed by atoms with E-state index in [4.69, 9.17) is 0 Å². The number of rotatable bonds is 5. The van der Waals surface area contributed by atoms with Crippen molar-refractivity contribution in [1.82, 2.24) is 10.2 Å². The summed E-state index contributed by atoms with van der Waals surface area (Å²) in [6.45, 7) is 8.47. The Balaban J connectivity index is 1.78. The predicted octanol–water partition coefficient (Wildman–Crippen LogP) is 1.61. The van der Waals surface area contributed by atoms with Crippen molar-refractivity contribution in [3.05, 3.63) is 0 Å². The minimum atomic E-state index is -0.440. The first-order chi connectivity index (χ1) is 8.11. The van der Waals surface area contributed by atoms with E-state index < -0.39 is 5.60 Å². The molecule has 1 aliphatic carbocycles. The SMILES string of the molecule is CCCNC1CCCC1CN1CCC(C)(O)C1. The third-order valence-electron chi connectivity index (χ3n) is 4.34. The van der Waals surface area contributed by atoms with E-state index in [0.717, 1.165) is 38.0 Å². The van der Waals surface area contributed by atoms with Crippen LogP contribution in [-0.4, -0.2) is 47.8 Å². The zero-order valence-corrected chi connectivity index (χ0v) is 11.4. The van der Waals surface area contributed by atoms with E-state index in [9.17, 15) is 5.11 Å². The molecule has 2 rings (SSSR count). The molecule has 0 aromatic carbocycles. The highest BCUT2D eigenvalue weighted by Gasteiger charge is 2.35. The van der Waals surface area contributed by atoms with Crippen LogP contribution >= 0.6 is 0 Å². The monoisotopic (exact) mass is 240 g/mol. The predicted molar refractivity (Wildman–Crippen MR) is 71.1 cm³/mol. The molecular weight excluding hydrogens is 212 g/mol. The van der Waals surface area contributed by atoms with Crippen LogP contribution in [0.1, 0.15) is 46.0 Å². The van der Waals surface area contributed by atoms with Crippen LogP contribution in [0.25, 0.3) is 0 Å². The molecule has 3 nitrogen and oxygen atoms in total. The average molecular weight is 240 g/mol. The number of nitrogens with one attached hydrogen (secondary N) is 1. The Hall–Kier alpha value is -0.120. The number of likely N-dealkylation sites (tertiary alicyclic amines) is 1. The van der Waals surface area contributed by atoms with Crippen molar-refractivity contribution >= 4 is 0 Å². The maximum atomic E-state index is 9.99.